The van der Waals surface area contributed by atoms with Gasteiger partial charge in [-0.3, -0.25) is 43.2 Å². The molecule has 1 fully saturated rings. The number of rotatable bonds is 27. The van der Waals surface area contributed by atoms with Crippen LogP contribution in [-0.2, 0) is 52.7 Å². The molecule has 1 aliphatic heterocycles. The monoisotopic (exact) mass is 1050 g/mol. The number of carboxylic acid groups (broad SMARTS) is 2. The number of hydrogen-bond acceptors (Lipinski definition) is 11. The number of ether oxygens (including phenoxy) is 1. The molecule has 0 unspecified atom stereocenters. The van der Waals surface area contributed by atoms with Crippen LogP contribution in [0.1, 0.15) is 210 Å². The number of carbonyl (C=O) groups excluding carboxylic acids is 8. The van der Waals surface area contributed by atoms with Gasteiger partial charge < -0.3 is 52.2 Å². The van der Waals surface area contributed by atoms with Gasteiger partial charge in [-0.1, -0.05) is 139 Å². The van der Waals surface area contributed by atoms with E-state index in [1.165, 1.54) is 51.9 Å². The highest BCUT2D eigenvalue weighted by Crippen LogP contribution is 2.19. The van der Waals surface area contributed by atoms with E-state index in [2.05, 4.69) is 44.1 Å². The first kappa shape index (κ1) is 66.7. The third-order valence-electron chi connectivity index (χ3n) is 12.7. The summed E-state index contributed by atoms with van der Waals surface area (Å²) in [6.45, 7) is 17.9. The second-order valence-corrected chi connectivity index (χ2v) is 22.0. The number of hydrogen-bond donors (Lipinski definition) is 9. The zero-order valence-electron chi connectivity index (χ0n) is 46.4. The maximum atomic E-state index is 14.2. The minimum absolute atomic E-state index is 0.0423. The average Bonchev–Trinajstić information content (AvgIpc) is 3.29. The van der Waals surface area contributed by atoms with Crippen LogP contribution in [-0.4, -0.2) is 118 Å². The Balaban J connectivity index is 3.77. The second kappa shape index (κ2) is 36.6. The fourth-order valence-corrected chi connectivity index (χ4v) is 8.78. The van der Waals surface area contributed by atoms with Gasteiger partial charge in [0, 0.05) is 6.42 Å². The summed E-state index contributed by atoms with van der Waals surface area (Å²) in [5.41, 5.74) is 0. The maximum Gasteiger partial charge on any atom is 0.328 e. The van der Waals surface area contributed by atoms with E-state index in [0.29, 0.717) is 6.42 Å². The van der Waals surface area contributed by atoms with Crippen molar-refractivity contribution in [2.24, 2.45) is 23.7 Å². The van der Waals surface area contributed by atoms with Gasteiger partial charge in [-0.25, -0.2) is 4.79 Å². The summed E-state index contributed by atoms with van der Waals surface area (Å²) < 4.78 is 6.05. The van der Waals surface area contributed by atoms with Crippen molar-refractivity contribution in [1.82, 2.24) is 37.2 Å². The van der Waals surface area contributed by atoms with Crippen molar-refractivity contribution in [2.75, 3.05) is 0 Å². The largest absolute Gasteiger partial charge is 0.481 e. The normalized spacial score (nSPS) is 23.7. The van der Waals surface area contributed by atoms with E-state index >= 15 is 0 Å². The van der Waals surface area contributed by atoms with Crippen LogP contribution in [0.3, 0.4) is 0 Å². The standard InChI is InChI=1S/C54H95N7O13/c1-11-12-13-14-15-16-17-18-19-20-21-22-23-24-38-31-45(62)56-39(25-26-46(63)64)49(68)58-41(28-34(4)5)51(70)59-40(27-33(2)3)50(69)55-37(10)48(67)57-43(32-47(65)66)53(72)60-42(29-35(6)7)52(71)61-44(30-36(8)9)54(73)74-38/h33-44H,11-32H2,1-10H3,(H,55,69)(H,56,62)(H,57,67)(H,58,68)(H,59,70)(H,60,72)(H,61,71)(H,63,64)(H,65,66)/t37-,38-,39-,40-,41-,42-,43-,44-/m0/s1. The number of amides is 7. The number of esters is 1. The molecule has 424 valence electrons. The van der Waals surface area contributed by atoms with E-state index < -0.39 is 127 Å². The molecule has 0 radical (unpaired) electrons. The van der Waals surface area contributed by atoms with E-state index in [4.69, 9.17) is 4.74 Å². The lowest BCUT2D eigenvalue weighted by molar-refractivity contribution is -0.155. The van der Waals surface area contributed by atoms with Gasteiger partial charge in [0.25, 0.3) is 0 Å². The zero-order valence-corrected chi connectivity index (χ0v) is 46.4. The van der Waals surface area contributed by atoms with Crippen LogP contribution in [0, 0.1) is 23.7 Å². The molecule has 0 bridgehead atoms. The van der Waals surface area contributed by atoms with Crippen LogP contribution in [0.2, 0.25) is 0 Å². The molecule has 0 spiro atoms. The topological polar surface area (TPSA) is 305 Å². The molecule has 0 saturated carbocycles. The predicted molar refractivity (Wildman–Crippen MR) is 281 cm³/mol. The number of carbonyl (C=O) groups is 10. The molecule has 1 aliphatic rings. The molecule has 1 rings (SSSR count). The summed E-state index contributed by atoms with van der Waals surface area (Å²) in [7, 11) is 0. The van der Waals surface area contributed by atoms with Crippen LogP contribution in [0.15, 0.2) is 0 Å². The Morgan fingerprint density at radius 1 is 0.459 bits per heavy atom. The minimum Gasteiger partial charge on any atom is -0.481 e. The molecule has 1 heterocycles. The highest BCUT2D eigenvalue weighted by molar-refractivity contribution is 5.98. The van der Waals surface area contributed by atoms with E-state index in [0.717, 1.165) is 32.1 Å². The van der Waals surface area contributed by atoms with Crippen molar-refractivity contribution in [2.45, 2.75) is 259 Å². The van der Waals surface area contributed by atoms with E-state index in [9.17, 15) is 58.2 Å². The van der Waals surface area contributed by atoms with Crippen molar-refractivity contribution in [3.05, 3.63) is 0 Å². The minimum atomic E-state index is -1.71. The smallest absolute Gasteiger partial charge is 0.328 e. The molecule has 0 aliphatic carbocycles. The first-order valence-electron chi connectivity index (χ1n) is 27.6. The molecule has 9 N–H and O–H groups in total. The highest BCUT2D eigenvalue weighted by Gasteiger charge is 2.36. The van der Waals surface area contributed by atoms with Crippen LogP contribution >= 0.6 is 0 Å². The predicted octanol–water partition coefficient (Wildman–Crippen LogP) is 5.72. The Hall–Kier alpha value is -5.30. The summed E-state index contributed by atoms with van der Waals surface area (Å²) >= 11 is 0. The molecule has 7 amide bonds. The first-order valence-corrected chi connectivity index (χ1v) is 27.6. The van der Waals surface area contributed by atoms with Crippen molar-refractivity contribution >= 4 is 59.3 Å². The fraction of sp³-hybridized carbons (Fsp3) is 0.815. The second-order valence-electron chi connectivity index (χ2n) is 22.0. The van der Waals surface area contributed by atoms with Gasteiger partial charge in [0.2, 0.25) is 41.4 Å². The van der Waals surface area contributed by atoms with Gasteiger partial charge in [0.05, 0.1) is 12.8 Å². The van der Waals surface area contributed by atoms with Crippen molar-refractivity contribution in [3.63, 3.8) is 0 Å². The number of aliphatic carboxylic acids is 2. The maximum absolute atomic E-state index is 14.2. The average molecular weight is 1050 g/mol. The lowest BCUT2D eigenvalue weighted by Crippen LogP contribution is -2.60. The number of nitrogens with one attached hydrogen (secondary N) is 7. The first-order chi connectivity index (χ1) is 34.8. The quantitative estimate of drug-likeness (QED) is 0.0352. The van der Waals surface area contributed by atoms with Gasteiger partial charge in [-0.15, -0.1) is 0 Å². The molecule has 0 aromatic carbocycles. The molecule has 8 atom stereocenters. The van der Waals surface area contributed by atoms with Gasteiger partial charge in [0.15, 0.2) is 0 Å². The fourth-order valence-electron chi connectivity index (χ4n) is 8.78. The summed E-state index contributed by atoms with van der Waals surface area (Å²) in [4.78, 5) is 135. The van der Waals surface area contributed by atoms with E-state index in [1.54, 1.807) is 41.5 Å². The van der Waals surface area contributed by atoms with Crippen molar-refractivity contribution < 1.29 is 62.9 Å². The summed E-state index contributed by atoms with van der Waals surface area (Å²) in [5, 5.41) is 37.5. The Morgan fingerprint density at radius 2 is 0.824 bits per heavy atom. The molecule has 0 aromatic rings. The number of unbranched alkanes of at least 4 members (excludes halogenated alkanes) is 12. The van der Waals surface area contributed by atoms with Gasteiger partial charge >= 0.3 is 17.9 Å². The number of carboxylic acids is 2. The van der Waals surface area contributed by atoms with E-state index in [-0.39, 0.29) is 62.2 Å². The lowest BCUT2D eigenvalue weighted by atomic mass is 9.99. The van der Waals surface area contributed by atoms with E-state index in [1.807, 2.05) is 13.8 Å². The highest BCUT2D eigenvalue weighted by atomic mass is 16.5. The third kappa shape index (κ3) is 29.6. The zero-order chi connectivity index (χ0) is 55.9. The summed E-state index contributed by atoms with van der Waals surface area (Å²) in [6, 6.07) is -9.62. The Kier molecular flexibility index (Phi) is 33.0. The third-order valence-corrected chi connectivity index (χ3v) is 12.7. The van der Waals surface area contributed by atoms with Crippen LogP contribution in [0.4, 0.5) is 0 Å². The number of cyclic esters (lactones) is 1. The summed E-state index contributed by atoms with van der Waals surface area (Å²) in [5.74, 6) is -10.2. The molecule has 20 heteroatoms. The molecule has 20 nitrogen and oxygen atoms in total. The van der Waals surface area contributed by atoms with Crippen LogP contribution < -0.4 is 37.2 Å². The molecule has 0 aromatic heterocycles. The van der Waals surface area contributed by atoms with Crippen molar-refractivity contribution in [1.29, 1.82) is 0 Å². The van der Waals surface area contributed by atoms with Crippen LogP contribution in [0.25, 0.3) is 0 Å². The Morgan fingerprint density at radius 3 is 1.24 bits per heavy atom. The lowest BCUT2D eigenvalue weighted by Gasteiger charge is -2.28. The summed E-state index contributed by atoms with van der Waals surface area (Å²) in [6.07, 6.45) is 11.5. The SMILES string of the molecule is CCCCCCCCCCCCCCC[C@H]1CC(=O)N[C@@H](CCC(=O)O)C(=O)N[C@@H](CC(C)C)C(=O)N[C@@H](CC(C)C)C(=O)N[C@@H](C)C(=O)N[C@@H](CC(=O)O)C(=O)N[C@@H](CC(C)C)C(=O)N[C@@H](CC(C)C)C(=O)O1. The molecular formula is C54H95N7O13. The molecule has 74 heavy (non-hydrogen) atoms. The molecular weight excluding hydrogens is 955 g/mol. The van der Waals surface area contributed by atoms with Gasteiger partial charge in [-0.05, 0) is 75.5 Å². The Labute approximate surface area is 440 Å². The van der Waals surface area contributed by atoms with Gasteiger partial charge in [0.1, 0.15) is 48.4 Å². The van der Waals surface area contributed by atoms with Crippen molar-refractivity contribution in [3.8, 4) is 0 Å². The van der Waals surface area contributed by atoms with Gasteiger partial charge in [-0.2, -0.15) is 0 Å². The molecule has 1 saturated heterocycles. The Bertz CT molecular complexity index is 1790. The van der Waals surface area contributed by atoms with Crippen LogP contribution in [0.5, 0.6) is 0 Å².